The van der Waals surface area contributed by atoms with Gasteiger partial charge in [-0.05, 0) is 36.5 Å². The van der Waals surface area contributed by atoms with Crippen molar-refractivity contribution in [3.8, 4) is 0 Å². The number of nitrogens with one attached hydrogen (secondary N) is 1. The molecule has 0 aliphatic rings. The van der Waals surface area contributed by atoms with E-state index in [9.17, 15) is 4.79 Å². The lowest BCUT2D eigenvalue weighted by Crippen LogP contribution is -2.31. The molecule has 5 heteroatoms. The number of rotatable bonds is 5. The minimum Gasteiger partial charge on any atom is -0.345 e. The molecule has 0 bridgehead atoms. The molecular formula is C21H26N4O. The monoisotopic (exact) mass is 350 g/mol. The predicted molar refractivity (Wildman–Crippen MR) is 104 cm³/mol. The molecule has 1 N–H and O–H groups in total. The highest BCUT2D eigenvalue weighted by molar-refractivity contribution is 5.97. The number of amides is 1. The maximum atomic E-state index is 12.8. The lowest BCUT2D eigenvalue weighted by atomic mass is 9.94. The third kappa shape index (κ3) is 3.47. The van der Waals surface area contributed by atoms with Crippen LogP contribution in [-0.4, -0.2) is 20.7 Å². The van der Waals surface area contributed by atoms with Gasteiger partial charge in [0.25, 0.3) is 5.91 Å². The molecule has 2 aromatic heterocycles. The van der Waals surface area contributed by atoms with Crippen molar-refractivity contribution in [3.05, 3.63) is 58.9 Å². The van der Waals surface area contributed by atoms with Crippen LogP contribution in [0, 0.1) is 12.8 Å². The van der Waals surface area contributed by atoms with E-state index in [1.807, 2.05) is 20.0 Å². The van der Waals surface area contributed by atoms with Gasteiger partial charge >= 0.3 is 0 Å². The van der Waals surface area contributed by atoms with Gasteiger partial charge in [0.05, 0.1) is 17.3 Å². The number of nitrogens with zero attached hydrogens (tertiary/aromatic N) is 3. The summed E-state index contributed by atoms with van der Waals surface area (Å²) in [5.74, 6) is 0.171. The molecule has 26 heavy (non-hydrogen) atoms. The summed E-state index contributed by atoms with van der Waals surface area (Å²) in [4.78, 5) is 17.2. The lowest BCUT2D eigenvalue weighted by Gasteiger charge is -2.23. The molecule has 136 valence electrons. The smallest absolute Gasteiger partial charge is 0.253 e. The topological polar surface area (TPSA) is 59.8 Å². The Morgan fingerprint density at radius 2 is 1.92 bits per heavy atom. The predicted octanol–water partition coefficient (Wildman–Crippen LogP) is 3.97. The van der Waals surface area contributed by atoms with E-state index in [-0.39, 0.29) is 17.9 Å². The third-order valence-electron chi connectivity index (χ3n) is 4.83. The highest BCUT2D eigenvalue weighted by Gasteiger charge is 2.20. The van der Waals surface area contributed by atoms with Crippen molar-refractivity contribution in [1.82, 2.24) is 20.1 Å². The highest BCUT2D eigenvalue weighted by atomic mass is 16.1. The van der Waals surface area contributed by atoms with Crippen molar-refractivity contribution in [3.63, 3.8) is 0 Å². The summed E-state index contributed by atoms with van der Waals surface area (Å²) in [6.07, 6.45) is 2.63. The van der Waals surface area contributed by atoms with Crippen molar-refractivity contribution in [2.24, 2.45) is 13.0 Å². The van der Waals surface area contributed by atoms with Crippen LogP contribution in [0.1, 0.15) is 54.0 Å². The van der Waals surface area contributed by atoms with Crippen LogP contribution in [0.4, 0.5) is 0 Å². The second kappa shape index (κ2) is 7.28. The van der Waals surface area contributed by atoms with Gasteiger partial charge in [0.1, 0.15) is 0 Å². The Bertz CT molecular complexity index is 925. The molecule has 5 nitrogen and oxygen atoms in total. The van der Waals surface area contributed by atoms with E-state index < -0.39 is 0 Å². The number of pyridine rings is 1. The average Bonchev–Trinajstić information content (AvgIpc) is 2.93. The molecule has 1 aromatic carbocycles. The van der Waals surface area contributed by atoms with E-state index in [1.54, 1.807) is 10.9 Å². The van der Waals surface area contributed by atoms with E-state index in [0.717, 1.165) is 28.7 Å². The SMILES string of the molecule is CCc1ccc(C(NC(=O)c2cnc3c(c2)c(C)nn3C)C(C)C)cc1. The summed E-state index contributed by atoms with van der Waals surface area (Å²) in [6, 6.07) is 10.3. The fourth-order valence-electron chi connectivity index (χ4n) is 3.25. The van der Waals surface area contributed by atoms with Crippen LogP contribution in [-0.2, 0) is 13.5 Å². The van der Waals surface area contributed by atoms with Crippen LogP contribution in [0.2, 0.25) is 0 Å². The second-order valence-electron chi connectivity index (χ2n) is 7.09. The number of fused-ring (bicyclic) bond motifs is 1. The third-order valence-corrected chi connectivity index (χ3v) is 4.83. The van der Waals surface area contributed by atoms with Gasteiger partial charge in [0, 0.05) is 18.6 Å². The Balaban J connectivity index is 1.87. The van der Waals surface area contributed by atoms with Crippen molar-refractivity contribution < 1.29 is 4.79 Å². The van der Waals surface area contributed by atoms with Crippen LogP contribution in [0.3, 0.4) is 0 Å². The zero-order valence-electron chi connectivity index (χ0n) is 16.1. The average molecular weight is 350 g/mol. The Morgan fingerprint density at radius 3 is 2.54 bits per heavy atom. The molecule has 3 aromatic rings. The van der Waals surface area contributed by atoms with Gasteiger partial charge in [-0.2, -0.15) is 5.10 Å². The first-order valence-electron chi connectivity index (χ1n) is 9.09. The van der Waals surface area contributed by atoms with Crippen LogP contribution >= 0.6 is 0 Å². The quantitative estimate of drug-likeness (QED) is 0.757. The molecule has 0 spiro atoms. The summed E-state index contributed by atoms with van der Waals surface area (Å²) >= 11 is 0. The number of hydrogen-bond donors (Lipinski definition) is 1. The van der Waals surface area contributed by atoms with E-state index in [1.165, 1.54) is 5.56 Å². The van der Waals surface area contributed by atoms with Crippen molar-refractivity contribution >= 4 is 16.9 Å². The lowest BCUT2D eigenvalue weighted by molar-refractivity contribution is 0.0925. The molecule has 3 rings (SSSR count). The number of aromatic nitrogens is 3. The minimum absolute atomic E-state index is 0.0425. The number of benzene rings is 1. The largest absolute Gasteiger partial charge is 0.345 e. The van der Waals surface area contributed by atoms with Crippen molar-refractivity contribution in [1.29, 1.82) is 0 Å². The molecule has 2 heterocycles. The summed E-state index contributed by atoms with van der Waals surface area (Å²) in [5, 5.41) is 8.45. The molecule has 1 unspecified atom stereocenters. The molecule has 1 amide bonds. The van der Waals surface area contributed by atoms with E-state index >= 15 is 0 Å². The van der Waals surface area contributed by atoms with Gasteiger partial charge in [0.2, 0.25) is 0 Å². The summed E-state index contributed by atoms with van der Waals surface area (Å²) in [5.41, 5.74) is 4.64. The first kappa shape index (κ1) is 18.1. The molecule has 1 atom stereocenters. The molecule has 0 saturated carbocycles. The molecule has 0 aliphatic carbocycles. The van der Waals surface area contributed by atoms with Gasteiger partial charge in [-0.25, -0.2) is 4.98 Å². The maximum Gasteiger partial charge on any atom is 0.253 e. The van der Waals surface area contributed by atoms with Gasteiger partial charge in [0.15, 0.2) is 5.65 Å². The van der Waals surface area contributed by atoms with Crippen LogP contribution < -0.4 is 5.32 Å². The molecule has 0 fully saturated rings. The first-order valence-corrected chi connectivity index (χ1v) is 9.09. The van der Waals surface area contributed by atoms with Gasteiger partial charge in [-0.1, -0.05) is 45.0 Å². The van der Waals surface area contributed by atoms with E-state index in [2.05, 4.69) is 60.4 Å². The molecular weight excluding hydrogens is 324 g/mol. The van der Waals surface area contributed by atoms with Gasteiger partial charge in [-0.3, -0.25) is 9.48 Å². The summed E-state index contributed by atoms with van der Waals surface area (Å²) in [6.45, 7) is 8.30. The maximum absolute atomic E-state index is 12.8. The second-order valence-corrected chi connectivity index (χ2v) is 7.09. The number of aryl methyl sites for hydroxylation is 3. The van der Waals surface area contributed by atoms with E-state index in [4.69, 9.17) is 0 Å². The van der Waals surface area contributed by atoms with Crippen LogP contribution in [0.25, 0.3) is 11.0 Å². The first-order chi connectivity index (χ1) is 12.4. The Kier molecular flexibility index (Phi) is 5.07. The number of carbonyl (C=O) groups is 1. The van der Waals surface area contributed by atoms with Gasteiger partial charge in [-0.15, -0.1) is 0 Å². The highest BCUT2D eigenvalue weighted by Crippen LogP contribution is 2.23. The van der Waals surface area contributed by atoms with Crippen molar-refractivity contribution in [2.45, 2.75) is 40.2 Å². The fraction of sp³-hybridized carbons (Fsp3) is 0.381. The molecule has 0 saturated heterocycles. The zero-order valence-corrected chi connectivity index (χ0v) is 16.1. The number of carbonyl (C=O) groups excluding carboxylic acids is 1. The number of hydrogen-bond acceptors (Lipinski definition) is 3. The van der Waals surface area contributed by atoms with Crippen LogP contribution in [0.15, 0.2) is 36.5 Å². The Morgan fingerprint density at radius 1 is 1.23 bits per heavy atom. The zero-order chi connectivity index (χ0) is 18.8. The molecule has 0 radical (unpaired) electrons. The molecule has 0 aliphatic heterocycles. The summed E-state index contributed by atoms with van der Waals surface area (Å²) < 4.78 is 1.73. The normalized spacial score (nSPS) is 12.5. The summed E-state index contributed by atoms with van der Waals surface area (Å²) in [7, 11) is 1.86. The fourth-order valence-corrected chi connectivity index (χ4v) is 3.25. The Labute approximate surface area is 154 Å². The standard InChI is InChI=1S/C21H26N4O/c1-6-15-7-9-16(10-8-15)19(13(2)3)23-21(26)17-11-18-14(4)24-25(5)20(18)22-12-17/h7-13,19H,6H2,1-5H3,(H,23,26). The minimum atomic E-state index is -0.110. The van der Waals surface area contributed by atoms with Crippen LogP contribution in [0.5, 0.6) is 0 Å². The van der Waals surface area contributed by atoms with E-state index in [0.29, 0.717) is 5.56 Å². The van der Waals surface area contributed by atoms with Crippen molar-refractivity contribution in [2.75, 3.05) is 0 Å². The Hall–Kier alpha value is -2.69. The van der Waals surface area contributed by atoms with Gasteiger partial charge < -0.3 is 5.32 Å².